The number of amides is 1. The number of nitrogens with one attached hydrogen (secondary N) is 1. The van der Waals surface area contributed by atoms with E-state index in [2.05, 4.69) is 10.4 Å². The van der Waals surface area contributed by atoms with Crippen molar-refractivity contribution >= 4 is 17.6 Å². The maximum atomic E-state index is 13.6. The maximum absolute atomic E-state index is 13.6. The molecular weight excluding hydrogens is 277 g/mol. The van der Waals surface area contributed by atoms with Crippen LogP contribution in [0.25, 0.3) is 0 Å². The first kappa shape index (κ1) is 14.7. The zero-order valence-electron chi connectivity index (χ0n) is 11.5. The molecule has 1 heterocycles. The topological polar surface area (TPSA) is 84.2 Å². The van der Waals surface area contributed by atoms with Crippen LogP contribution in [0.2, 0.25) is 0 Å². The van der Waals surface area contributed by atoms with Gasteiger partial charge < -0.3 is 10.4 Å². The van der Waals surface area contributed by atoms with Crippen LogP contribution in [-0.4, -0.2) is 26.8 Å². The molecule has 0 aliphatic heterocycles. The van der Waals surface area contributed by atoms with Crippen LogP contribution in [-0.2, 0) is 4.79 Å². The summed E-state index contributed by atoms with van der Waals surface area (Å²) in [5, 5.41) is 15.2. The van der Waals surface area contributed by atoms with Crippen LogP contribution >= 0.6 is 0 Å². The zero-order chi connectivity index (χ0) is 15.6. The van der Waals surface area contributed by atoms with Crippen molar-refractivity contribution in [1.29, 1.82) is 0 Å². The Hall–Kier alpha value is -2.70. The highest BCUT2D eigenvalue weighted by atomic mass is 19.1. The molecule has 0 spiro atoms. The number of rotatable bonds is 4. The summed E-state index contributed by atoms with van der Waals surface area (Å²) in [4.78, 5) is 22.8. The largest absolute Gasteiger partial charge is 0.480 e. The minimum atomic E-state index is -1.06. The first-order valence-corrected chi connectivity index (χ1v) is 6.24. The van der Waals surface area contributed by atoms with E-state index in [1.165, 1.54) is 31.3 Å². The van der Waals surface area contributed by atoms with Gasteiger partial charge in [0.2, 0.25) is 0 Å². The lowest BCUT2D eigenvalue weighted by Gasteiger charge is -2.07. The average Bonchev–Trinajstić information content (AvgIpc) is 2.91. The van der Waals surface area contributed by atoms with Crippen molar-refractivity contribution in [3.8, 4) is 0 Å². The number of carboxylic acids is 1. The quantitative estimate of drug-likeness (QED) is 0.904. The number of anilines is 1. The summed E-state index contributed by atoms with van der Waals surface area (Å²) < 4.78 is 14.7. The molecule has 110 valence electrons. The Morgan fingerprint density at radius 1 is 1.38 bits per heavy atom. The fraction of sp³-hybridized carbons (Fsp3) is 0.214. The highest BCUT2D eigenvalue weighted by Crippen LogP contribution is 2.16. The predicted molar refractivity (Wildman–Crippen MR) is 73.7 cm³/mol. The molecule has 21 heavy (non-hydrogen) atoms. The van der Waals surface area contributed by atoms with Crippen molar-refractivity contribution in [2.75, 3.05) is 5.32 Å². The molecule has 1 unspecified atom stereocenters. The van der Waals surface area contributed by atoms with Crippen LogP contribution in [0.3, 0.4) is 0 Å². The van der Waals surface area contributed by atoms with E-state index in [-0.39, 0.29) is 11.4 Å². The zero-order valence-corrected chi connectivity index (χ0v) is 11.5. The second-order valence-corrected chi connectivity index (χ2v) is 4.63. The van der Waals surface area contributed by atoms with Gasteiger partial charge in [0.05, 0.1) is 5.69 Å². The van der Waals surface area contributed by atoms with Gasteiger partial charge in [0.1, 0.15) is 11.9 Å². The van der Waals surface area contributed by atoms with Crippen molar-refractivity contribution in [3.63, 3.8) is 0 Å². The Morgan fingerprint density at radius 3 is 2.76 bits per heavy atom. The van der Waals surface area contributed by atoms with Crippen LogP contribution < -0.4 is 5.32 Å². The molecule has 0 fully saturated rings. The first-order valence-electron chi connectivity index (χ1n) is 6.24. The second-order valence-electron chi connectivity index (χ2n) is 4.63. The van der Waals surface area contributed by atoms with Gasteiger partial charge in [-0.05, 0) is 37.6 Å². The van der Waals surface area contributed by atoms with Gasteiger partial charge in [-0.3, -0.25) is 9.48 Å². The van der Waals surface area contributed by atoms with Gasteiger partial charge in [-0.2, -0.15) is 5.10 Å². The van der Waals surface area contributed by atoms with E-state index < -0.39 is 23.7 Å². The van der Waals surface area contributed by atoms with Crippen LogP contribution in [0.4, 0.5) is 10.1 Å². The number of benzene rings is 1. The smallest absolute Gasteiger partial charge is 0.328 e. The van der Waals surface area contributed by atoms with E-state index in [0.29, 0.717) is 0 Å². The van der Waals surface area contributed by atoms with E-state index in [4.69, 9.17) is 5.11 Å². The summed E-state index contributed by atoms with van der Waals surface area (Å²) in [7, 11) is 0. The Kier molecular flexibility index (Phi) is 4.02. The molecule has 2 aromatic rings. The maximum Gasteiger partial charge on any atom is 0.328 e. The monoisotopic (exact) mass is 291 g/mol. The van der Waals surface area contributed by atoms with E-state index >= 15 is 0 Å². The molecule has 0 aliphatic rings. The number of hydrogen-bond acceptors (Lipinski definition) is 3. The fourth-order valence-electron chi connectivity index (χ4n) is 1.71. The number of halogens is 1. The van der Waals surface area contributed by atoms with Crippen molar-refractivity contribution in [1.82, 2.24) is 9.78 Å². The molecule has 1 amide bonds. The molecule has 0 bridgehead atoms. The normalized spacial score (nSPS) is 12.0. The number of carboxylic acid groups (broad SMARTS) is 1. The SMILES string of the molecule is Cc1ccc(F)c(NC(=O)c2ccn(C(C)C(=O)O)n2)c1. The summed E-state index contributed by atoms with van der Waals surface area (Å²) >= 11 is 0. The second kappa shape index (κ2) is 5.74. The lowest BCUT2D eigenvalue weighted by Crippen LogP contribution is -2.18. The first-order chi connectivity index (χ1) is 9.88. The Bertz CT molecular complexity index is 697. The molecule has 1 atom stereocenters. The number of hydrogen-bond donors (Lipinski definition) is 2. The molecule has 1 aromatic carbocycles. The Labute approximate surface area is 120 Å². The van der Waals surface area contributed by atoms with Gasteiger partial charge in [0, 0.05) is 6.20 Å². The molecular formula is C14H14FN3O3. The Morgan fingerprint density at radius 2 is 2.10 bits per heavy atom. The third kappa shape index (κ3) is 3.25. The lowest BCUT2D eigenvalue weighted by atomic mass is 10.2. The number of aryl methyl sites for hydroxylation is 1. The van der Waals surface area contributed by atoms with E-state index in [9.17, 15) is 14.0 Å². The van der Waals surface area contributed by atoms with Gasteiger partial charge in [-0.1, -0.05) is 6.07 Å². The van der Waals surface area contributed by atoms with Crippen LogP contribution in [0.1, 0.15) is 29.0 Å². The van der Waals surface area contributed by atoms with Gasteiger partial charge in [0.15, 0.2) is 5.69 Å². The van der Waals surface area contributed by atoms with E-state index in [0.717, 1.165) is 10.2 Å². The Balaban J connectivity index is 2.17. The van der Waals surface area contributed by atoms with Gasteiger partial charge in [-0.25, -0.2) is 9.18 Å². The highest BCUT2D eigenvalue weighted by Gasteiger charge is 2.17. The van der Waals surface area contributed by atoms with Crippen molar-refractivity contribution in [3.05, 3.63) is 47.5 Å². The molecule has 0 saturated heterocycles. The van der Waals surface area contributed by atoms with E-state index in [1.54, 1.807) is 13.0 Å². The third-order valence-corrected chi connectivity index (χ3v) is 2.97. The summed E-state index contributed by atoms with van der Waals surface area (Å²) in [6.07, 6.45) is 1.39. The number of aliphatic carboxylic acids is 1. The van der Waals surface area contributed by atoms with Gasteiger partial charge >= 0.3 is 5.97 Å². The van der Waals surface area contributed by atoms with Crippen LogP contribution in [0, 0.1) is 12.7 Å². The molecule has 2 rings (SSSR count). The predicted octanol–water partition coefficient (Wildman–Crippen LogP) is 2.23. The highest BCUT2D eigenvalue weighted by molar-refractivity contribution is 6.02. The molecule has 0 aliphatic carbocycles. The average molecular weight is 291 g/mol. The van der Waals surface area contributed by atoms with Gasteiger partial charge in [-0.15, -0.1) is 0 Å². The minimum absolute atomic E-state index is 0.0176. The van der Waals surface area contributed by atoms with Gasteiger partial charge in [0.25, 0.3) is 5.91 Å². The molecule has 2 N–H and O–H groups in total. The summed E-state index contributed by atoms with van der Waals surface area (Å²) in [6, 6.07) is 4.85. The van der Waals surface area contributed by atoms with E-state index in [1.807, 2.05) is 0 Å². The molecule has 1 aromatic heterocycles. The third-order valence-electron chi connectivity index (χ3n) is 2.97. The number of nitrogens with zero attached hydrogens (tertiary/aromatic N) is 2. The van der Waals surface area contributed by atoms with Crippen molar-refractivity contribution in [2.24, 2.45) is 0 Å². The molecule has 0 saturated carbocycles. The molecule has 0 radical (unpaired) electrons. The van der Waals surface area contributed by atoms with Crippen LogP contribution in [0.5, 0.6) is 0 Å². The summed E-state index contributed by atoms with van der Waals surface area (Å²) in [5.41, 5.74) is 0.876. The minimum Gasteiger partial charge on any atom is -0.480 e. The fourth-order valence-corrected chi connectivity index (χ4v) is 1.71. The number of carbonyl (C=O) groups is 2. The summed E-state index contributed by atoms with van der Waals surface area (Å²) in [5.74, 6) is -2.21. The summed E-state index contributed by atoms with van der Waals surface area (Å²) in [6.45, 7) is 3.22. The molecule has 6 nitrogen and oxygen atoms in total. The number of aromatic nitrogens is 2. The standard InChI is InChI=1S/C14H14FN3O3/c1-8-3-4-10(15)12(7-8)16-13(19)11-5-6-18(17-11)9(2)14(20)21/h3-7,9H,1-2H3,(H,16,19)(H,20,21). The van der Waals surface area contributed by atoms with Crippen LogP contribution in [0.15, 0.2) is 30.5 Å². The number of carbonyl (C=O) groups excluding carboxylic acids is 1. The lowest BCUT2D eigenvalue weighted by molar-refractivity contribution is -0.140. The molecule has 7 heteroatoms. The van der Waals surface area contributed by atoms with Crippen molar-refractivity contribution in [2.45, 2.75) is 19.9 Å². The van der Waals surface area contributed by atoms with Crippen molar-refractivity contribution < 1.29 is 19.1 Å².